The summed E-state index contributed by atoms with van der Waals surface area (Å²) < 4.78 is 15.0. The first kappa shape index (κ1) is 19.8. The summed E-state index contributed by atoms with van der Waals surface area (Å²) in [5, 5.41) is 13.3. The van der Waals surface area contributed by atoms with E-state index in [0.717, 1.165) is 29.7 Å². The Bertz CT molecular complexity index is 961. The van der Waals surface area contributed by atoms with Crippen LogP contribution in [-0.2, 0) is 16.2 Å². The summed E-state index contributed by atoms with van der Waals surface area (Å²) in [6.07, 6.45) is 5.96. The van der Waals surface area contributed by atoms with E-state index in [1.807, 2.05) is 42.6 Å². The Morgan fingerprint density at radius 1 is 1.24 bits per heavy atom. The maximum Gasteiger partial charge on any atom is 0.233 e. The van der Waals surface area contributed by atoms with Crippen LogP contribution in [0.15, 0.2) is 48.1 Å². The van der Waals surface area contributed by atoms with Crippen LogP contribution in [0.5, 0.6) is 0 Å². The first-order valence-corrected chi connectivity index (χ1v) is 11.5. The monoisotopic (exact) mass is 427 g/mol. The van der Waals surface area contributed by atoms with Gasteiger partial charge in [-0.05, 0) is 30.2 Å². The minimum absolute atomic E-state index is 0.106. The van der Waals surface area contributed by atoms with Crippen molar-refractivity contribution < 1.29 is 9.35 Å². The van der Waals surface area contributed by atoms with Crippen LogP contribution < -0.4 is 10.0 Å². The zero-order valence-electron chi connectivity index (χ0n) is 15.9. The van der Waals surface area contributed by atoms with E-state index in [1.165, 1.54) is 11.3 Å². The highest BCUT2D eigenvalue weighted by molar-refractivity contribution is 7.93. The summed E-state index contributed by atoms with van der Waals surface area (Å²) >= 11 is 0.299. The molecule has 2 N–H and O–H groups in total. The Balaban J connectivity index is 1.40. The van der Waals surface area contributed by atoms with E-state index in [1.54, 1.807) is 12.4 Å². The molecule has 2 aromatic heterocycles. The van der Waals surface area contributed by atoms with Crippen molar-refractivity contribution in [2.24, 2.45) is 0 Å². The molecule has 1 saturated carbocycles. The molecule has 0 aliphatic heterocycles. The highest BCUT2D eigenvalue weighted by Gasteiger charge is 2.35. The van der Waals surface area contributed by atoms with E-state index in [9.17, 15) is 9.35 Å². The van der Waals surface area contributed by atoms with E-state index in [2.05, 4.69) is 25.2 Å². The molecule has 0 spiro atoms. The van der Waals surface area contributed by atoms with Gasteiger partial charge in [0.05, 0.1) is 35.4 Å². The number of thiazole rings is 1. The van der Waals surface area contributed by atoms with Gasteiger partial charge in [0.2, 0.25) is 11.0 Å². The number of hydrogen-bond acceptors (Lipinski definition) is 7. The van der Waals surface area contributed by atoms with E-state index in [-0.39, 0.29) is 17.1 Å². The molecule has 1 aromatic carbocycles. The van der Waals surface area contributed by atoms with Crippen LogP contribution in [0.2, 0.25) is 0 Å². The Labute approximate surface area is 176 Å². The summed E-state index contributed by atoms with van der Waals surface area (Å²) in [7, 11) is 0. The third-order valence-electron chi connectivity index (χ3n) is 4.69. The number of rotatable bonds is 8. The van der Waals surface area contributed by atoms with Crippen molar-refractivity contribution >= 4 is 39.4 Å². The molecule has 0 saturated heterocycles. The third kappa shape index (κ3) is 4.92. The van der Waals surface area contributed by atoms with Gasteiger partial charge < -0.3 is 9.87 Å². The molecule has 2 heterocycles. The largest absolute Gasteiger partial charge is 0.593 e. The summed E-state index contributed by atoms with van der Waals surface area (Å²) in [4.78, 5) is 17.3. The average Bonchev–Trinajstić information content (AvgIpc) is 3.51. The number of benzene rings is 1. The molecule has 0 radical (unpaired) electrons. The van der Waals surface area contributed by atoms with E-state index in [4.69, 9.17) is 0 Å². The van der Waals surface area contributed by atoms with Gasteiger partial charge in [-0.1, -0.05) is 19.1 Å². The van der Waals surface area contributed by atoms with Gasteiger partial charge in [-0.3, -0.25) is 4.79 Å². The lowest BCUT2D eigenvalue weighted by Gasteiger charge is -2.13. The van der Waals surface area contributed by atoms with Gasteiger partial charge in [0.15, 0.2) is 0 Å². The summed E-state index contributed by atoms with van der Waals surface area (Å²) in [6, 6.07) is 9.50. The predicted molar refractivity (Wildman–Crippen MR) is 116 cm³/mol. The lowest BCUT2D eigenvalue weighted by molar-refractivity contribution is -0.117. The molecular formula is C20H21N5O2S2. The molecule has 29 heavy (non-hydrogen) atoms. The van der Waals surface area contributed by atoms with Gasteiger partial charge >= 0.3 is 0 Å². The quantitative estimate of drug-likeness (QED) is 0.527. The summed E-state index contributed by atoms with van der Waals surface area (Å²) in [5.74, 6) is -0.466. The first-order chi connectivity index (χ1) is 14.1. The Morgan fingerprint density at radius 3 is 2.69 bits per heavy atom. The molecule has 9 heteroatoms. The van der Waals surface area contributed by atoms with E-state index >= 15 is 0 Å². The van der Waals surface area contributed by atoms with Crippen LogP contribution in [0.1, 0.15) is 37.8 Å². The van der Waals surface area contributed by atoms with Crippen molar-refractivity contribution in [3.8, 4) is 11.1 Å². The molecule has 1 aliphatic rings. The molecule has 1 fully saturated rings. The fraction of sp³-hybridized carbons (Fsp3) is 0.300. The minimum atomic E-state index is -1.08. The highest BCUT2D eigenvalue weighted by atomic mass is 32.2. The van der Waals surface area contributed by atoms with Crippen LogP contribution in [0, 0.1) is 0 Å². The van der Waals surface area contributed by atoms with Crippen LogP contribution in [0.3, 0.4) is 0 Å². The van der Waals surface area contributed by atoms with Crippen LogP contribution in [-0.4, -0.2) is 30.9 Å². The second-order valence-electron chi connectivity index (χ2n) is 6.83. The van der Waals surface area contributed by atoms with E-state index < -0.39 is 11.4 Å². The molecular weight excluding hydrogens is 406 g/mol. The second kappa shape index (κ2) is 8.89. The van der Waals surface area contributed by atoms with Crippen molar-refractivity contribution in [3.05, 3.63) is 53.8 Å². The van der Waals surface area contributed by atoms with Crippen molar-refractivity contribution in [1.29, 1.82) is 0 Å². The van der Waals surface area contributed by atoms with Gasteiger partial charge in [-0.2, -0.15) is 14.9 Å². The highest BCUT2D eigenvalue weighted by Crippen LogP contribution is 2.32. The minimum Gasteiger partial charge on any atom is -0.593 e. The maximum absolute atomic E-state index is 12.8. The molecule has 2 unspecified atom stereocenters. The van der Waals surface area contributed by atoms with Gasteiger partial charge in [-0.25, -0.2) is 4.98 Å². The zero-order chi connectivity index (χ0) is 20.2. The molecule has 1 amide bonds. The lowest BCUT2D eigenvalue weighted by Crippen LogP contribution is -2.21. The molecule has 3 aromatic rings. The van der Waals surface area contributed by atoms with Crippen LogP contribution in [0.25, 0.3) is 11.1 Å². The van der Waals surface area contributed by atoms with Crippen molar-refractivity contribution in [3.63, 3.8) is 0 Å². The summed E-state index contributed by atoms with van der Waals surface area (Å²) in [5.41, 5.74) is 3.40. The fourth-order valence-electron chi connectivity index (χ4n) is 2.91. The van der Waals surface area contributed by atoms with Gasteiger partial charge in [-0.15, -0.1) is 11.3 Å². The fourth-order valence-corrected chi connectivity index (χ4v) is 4.91. The third-order valence-corrected chi connectivity index (χ3v) is 7.07. The van der Waals surface area contributed by atoms with Gasteiger partial charge in [0.25, 0.3) is 0 Å². The van der Waals surface area contributed by atoms with Crippen LogP contribution in [0.4, 0.5) is 10.8 Å². The SMILES string of the molecule is CCC(C(=O)Nc1ccc(-c2ccnnc2)cc1)c1csc(N[S+]([O-])C2CC2)n1. The number of hydrogen-bond donors (Lipinski definition) is 2. The number of nitrogens with one attached hydrogen (secondary N) is 2. The maximum atomic E-state index is 12.8. The molecule has 150 valence electrons. The topological polar surface area (TPSA) is 103 Å². The molecule has 2 atom stereocenters. The van der Waals surface area contributed by atoms with Crippen molar-refractivity contribution in [2.45, 2.75) is 37.4 Å². The molecule has 7 nitrogen and oxygen atoms in total. The number of carbonyl (C=O) groups excluding carboxylic acids is 1. The summed E-state index contributed by atoms with van der Waals surface area (Å²) in [6.45, 7) is 1.96. The number of nitrogens with zero attached hydrogens (tertiary/aromatic N) is 3. The molecule has 1 aliphatic carbocycles. The first-order valence-electron chi connectivity index (χ1n) is 9.44. The standard InChI is InChI=1S/C20H21N5O2S2/c1-2-17(18-12-28-20(24-18)25-29(27)16-7-8-16)19(26)23-15-5-3-13(4-6-15)14-9-10-21-22-11-14/h3-6,9-12,16-17H,2,7-8H2,1H3,(H,23,26)(H,24,25). The van der Waals surface area contributed by atoms with Crippen LogP contribution >= 0.6 is 11.3 Å². The Hall–Kier alpha value is -2.49. The lowest BCUT2D eigenvalue weighted by atomic mass is 10.0. The molecule has 4 rings (SSSR count). The number of carbonyl (C=O) groups is 1. The average molecular weight is 428 g/mol. The molecule has 0 bridgehead atoms. The Kier molecular flexibility index (Phi) is 6.08. The number of amides is 1. The van der Waals surface area contributed by atoms with Gasteiger partial charge in [0, 0.05) is 29.5 Å². The Morgan fingerprint density at radius 2 is 2.03 bits per heavy atom. The smallest absolute Gasteiger partial charge is 0.233 e. The van der Waals surface area contributed by atoms with Crippen molar-refractivity contribution in [1.82, 2.24) is 15.2 Å². The van der Waals surface area contributed by atoms with Crippen molar-refractivity contribution in [2.75, 3.05) is 10.0 Å². The normalized spacial score (nSPS) is 15.5. The predicted octanol–water partition coefficient (Wildman–Crippen LogP) is 3.97. The second-order valence-corrected chi connectivity index (χ2v) is 9.16. The zero-order valence-corrected chi connectivity index (χ0v) is 17.5. The van der Waals surface area contributed by atoms with E-state index in [0.29, 0.717) is 17.2 Å². The number of anilines is 2. The number of aromatic nitrogens is 3. The van der Waals surface area contributed by atoms with Gasteiger partial charge in [0.1, 0.15) is 5.25 Å².